The Labute approximate surface area is 161 Å². The van der Waals surface area contributed by atoms with Gasteiger partial charge in [0.2, 0.25) is 5.75 Å². The molecule has 0 aliphatic carbocycles. The van der Waals surface area contributed by atoms with E-state index in [-0.39, 0.29) is 22.8 Å². The Hall–Kier alpha value is -3.81. The number of benzene rings is 2. The molecule has 8 heteroatoms. The summed E-state index contributed by atoms with van der Waals surface area (Å²) in [5.41, 5.74) is 0.531. The number of phenols is 1. The van der Waals surface area contributed by atoms with Gasteiger partial charge in [-0.1, -0.05) is 18.2 Å². The Kier molecular flexibility index (Phi) is 5.04. The number of nitrogens with zero attached hydrogens (tertiary/aromatic N) is 2. The summed E-state index contributed by atoms with van der Waals surface area (Å²) in [6.07, 6.45) is 1.33. The number of imide groups is 2. The van der Waals surface area contributed by atoms with Gasteiger partial charge in [-0.25, -0.2) is 9.69 Å². The average molecular weight is 382 g/mol. The maximum Gasteiger partial charge on any atom is 0.338 e. The molecule has 1 heterocycles. The number of methoxy groups -OCH3 is 2. The minimum Gasteiger partial charge on any atom is -0.502 e. The summed E-state index contributed by atoms with van der Waals surface area (Å²) in [6, 6.07) is 10.5. The zero-order valence-electron chi connectivity index (χ0n) is 15.5. The van der Waals surface area contributed by atoms with Crippen LogP contribution in [0.4, 0.5) is 10.5 Å². The van der Waals surface area contributed by atoms with Crippen LogP contribution in [0, 0.1) is 0 Å². The Morgan fingerprint density at radius 1 is 0.929 bits per heavy atom. The molecule has 1 aliphatic rings. The Morgan fingerprint density at radius 2 is 1.50 bits per heavy atom. The van der Waals surface area contributed by atoms with E-state index in [1.165, 1.54) is 39.5 Å². The number of anilines is 1. The van der Waals surface area contributed by atoms with E-state index in [4.69, 9.17) is 9.47 Å². The number of ether oxygens (including phenoxy) is 2. The number of rotatable bonds is 4. The third-order valence-electron chi connectivity index (χ3n) is 4.27. The van der Waals surface area contributed by atoms with Gasteiger partial charge in [-0.3, -0.25) is 14.5 Å². The first-order valence-corrected chi connectivity index (χ1v) is 8.27. The second-order valence-corrected chi connectivity index (χ2v) is 5.95. The van der Waals surface area contributed by atoms with Crippen LogP contribution in [0.5, 0.6) is 17.2 Å². The van der Waals surface area contributed by atoms with E-state index in [1.54, 1.807) is 30.3 Å². The minimum atomic E-state index is -0.745. The fraction of sp³-hybridized carbons (Fsp3) is 0.150. The van der Waals surface area contributed by atoms with Gasteiger partial charge in [0.25, 0.3) is 11.8 Å². The van der Waals surface area contributed by atoms with Gasteiger partial charge in [0, 0.05) is 7.05 Å². The van der Waals surface area contributed by atoms with Gasteiger partial charge < -0.3 is 14.6 Å². The number of carbonyl (C=O) groups excluding carboxylic acids is 3. The predicted octanol–water partition coefficient (Wildman–Crippen LogP) is 2.42. The Balaban J connectivity index is 2.11. The molecule has 1 N–H and O–H groups in total. The molecule has 1 fully saturated rings. The molecule has 2 aromatic carbocycles. The van der Waals surface area contributed by atoms with Gasteiger partial charge in [0.05, 0.1) is 19.9 Å². The monoisotopic (exact) mass is 382 g/mol. The van der Waals surface area contributed by atoms with Crippen molar-refractivity contribution >= 4 is 29.6 Å². The smallest absolute Gasteiger partial charge is 0.338 e. The van der Waals surface area contributed by atoms with Crippen molar-refractivity contribution in [2.45, 2.75) is 0 Å². The average Bonchev–Trinajstić information content (AvgIpc) is 2.71. The summed E-state index contributed by atoms with van der Waals surface area (Å²) >= 11 is 0. The van der Waals surface area contributed by atoms with Gasteiger partial charge in [-0.15, -0.1) is 0 Å². The lowest BCUT2D eigenvalue weighted by Gasteiger charge is -2.31. The van der Waals surface area contributed by atoms with Crippen molar-refractivity contribution < 1.29 is 29.0 Å². The van der Waals surface area contributed by atoms with Crippen molar-refractivity contribution in [3.8, 4) is 17.2 Å². The highest BCUT2D eigenvalue weighted by molar-refractivity contribution is 6.39. The maximum absolute atomic E-state index is 12.9. The molecule has 0 unspecified atom stereocenters. The summed E-state index contributed by atoms with van der Waals surface area (Å²) in [5, 5.41) is 10.0. The quantitative estimate of drug-likeness (QED) is 0.644. The van der Waals surface area contributed by atoms with Crippen LogP contribution >= 0.6 is 0 Å². The highest BCUT2D eigenvalue weighted by atomic mass is 16.5. The summed E-state index contributed by atoms with van der Waals surface area (Å²) < 4.78 is 10.2. The number of barbiturate groups is 1. The molecule has 8 nitrogen and oxygen atoms in total. The van der Waals surface area contributed by atoms with Gasteiger partial charge >= 0.3 is 6.03 Å². The summed E-state index contributed by atoms with van der Waals surface area (Å²) in [4.78, 5) is 39.8. The summed E-state index contributed by atoms with van der Waals surface area (Å²) in [5.74, 6) is -1.44. The Bertz CT molecular complexity index is 958. The van der Waals surface area contributed by atoms with E-state index < -0.39 is 17.8 Å². The number of amides is 4. The van der Waals surface area contributed by atoms with Gasteiger partial charge in [0.15, 0.2) is 11.5 Å². The lowest BCUT2D eigenvalue weighted by molar-refractivity contribution is -0.128. The molecule has 0 bridgehead atoms. The number of urea groups is 1. The number of hydrogen-bond acceptors (Lipinski definition) is 6. The summed E-state index contributed by atoms with van der Waals surface area (Å²) in [7, 11) is 4.04. The summed E-state index contributed by atoms with van der Waals surface area (Å²) in [6.45, 7) is 0. The number of phenolic OH excluding ortho intramolecular Hbond substituents is 1. The van der Waals surface area contributed by atoms with Crippen molar-refractivity contribution in [1.29, 1.82) is 0 Å². The molecule has 1 aliphatic heterocycles. The molecule has 0 atom stereocenters. The highest BCUT2D eigenvalue weighted by Gasteiger charge is 2.40. The number of carbonyl (C=O) groups is 3. The normalized spacial score (nSPS) is 16.0. The van der Waals surface area contributed by atoms with Crippen LogP contribution in [-0.2, 0) is 9.59 Å². The number of likely N-dealkylation sites (N-methyl/N-ethyl adjacent to an activating group) is 1. The molecule has 144 valence electrons. The van der Waals surface area contributed by atoms with E-state index in [9.17, 15) is 19.5 Å². The van der Waals surface area contributed by atoms with Crippen LogP contribution in [0.25, 0.3) is 6.08 Å². The molecular weight excluding hydrogens is 364 g/mol. The molecule has 28 heavy (non-hydrogen) atoms. The van der Waals surface area contributed by atoms with Gasteiger partial charge in [-0.05, 0) is 35.9 Å². The van der Waals surface area contributed by atoms with Crippen LogP contribution in [0.2, 0.25) is 0 Å². The van der Waals surface area contributed by atoms with Crippen LogP contribution in [0.15, 0.2) is 48.0 Å². The fourth-order valence-electron chi connectivity index (χ4n) is 2.81. The van der Waals surface area contributed by atoms with Crippen LogP contribution in [-0.4, -0.2) is 49.1 Å². The van der Waals surface area contributed by atoms with Crippen LogP contribution in [0.3, 0.4) is 0 Å². The molecule has 0 saturated carbocycles. The van der Waals surface area contributed by atoms with Crippen molar-refractivity contribution in [2.75, 3.05) is 26.2 Å². The molecule has 2 aromatic rings. The van der Waals surface area contributed by atoms with Crippen molar-refractivity contribution in [3.05, 3.63) is 53.6 Å². The van der Waals surface area contributed by atoms with E-state index in [2.05, 4.69) is 0 Å². The van der Waals surface area contributed by atoms with E-state index in [0.29, 0.717) is 11.3 Å². The molecule has 0 radical (unpaired) electrons. The largest absolute Gasteiger partial charge is 0.502 e. The third kappa shape index (κ3) is 3.16. The standard InChI is InChI=1S/C20H18N2O6/c1-21-18(24)14(9-12-10-15(27-2)17(23)16(11-12)28-3)19(25)22(20(21)26)13-7-5-4-6-8-13/h4-11,23H,1-3H3/b14-9-. The molecule has 1 saturated heterocycles. The van der Waals surface area contributed by atoms with Crippen molar-refractivity contribution in [3.63, 3.8) is 0 Å². The molecule has 4 amide bonds. The number of hydrogen-bond donors (Lipinski definition) is 1. The molecule has 3 rings (SSSR count). The van der Waals surface area contributed by atoms with E-state index in [0.717, 1.165) is 9.80 Å². The Morgan fingerprint density at radius 3 is 2.04 bits per heavy atom. The van der Waals surface area contributed by atoms with Crippen LogP contribution in [0.1, 0.15) is 5.56 Å². The predicted molar refractivity (Wildman–Crippen MR) is 101 cm³/mol. The topological polar surface area (TPSA) is 96.4 Å². The van der Waals surface area contributed by atoms with Gasteiger partial charge in [-0.2, -0.15) is 0 Å². The van der Waals surface area contributed by atoms with Gasteiger partial charge in [0.1, 0.15) is 5.57 Å². The molecule has 0 spiro atoms. The number of aromatic hydroxyl groups is 1. The minimum absolute atomic E-state index is 0.117. The second kappa shape index (κ2) is 7.43. The molecule has 0 aromatic heterocycles. The highest BCUT2D eigenvalue weighted by Crippen LogP contribution is 2.38. The first-order chi connectivity index (χ1) is 13.4. The zero-order chi connectivity index (χ0) is 20.4. The maximum atomic E-state index is 12.9. The molecular formula is C20H18N2O6. The third-order valence-corrected chi connectivity index (χ3v) is 4.27. The van der Waals surface area contributed by atoms with Crippen molar-refractivity contribution in [2.24, 2.45) is 0 Å². The fourth-order valence-corrected chi connectivity index (χ4v) is 2.81. The lowest BCUT2D eigenvalue weighted by Crippen LogP contribution is -2.55. The first kappa shape index (κ1) is 19.0. The van der Waals surface area contributed by atoms with E-state index in [1.807, 2.05) is 0 Å². The van der Waals surface area contributed by atoms with Crippen molar-refractivity contribution in [1.82, 2.24) is 4.90 Å². The zero-order valence-corrected chi connectivity index (χ0v) is 15.5. The van der Waals surface area contributed by atoms with Crippen LogP contribution < -0.4 is 14.4 Å². The van der Waals surface area contributed by atoms with E-state index >= 15 is 0 Å². The second-order valence-electron chi connectivity index (χ2n) is 5.95. The SMILES string of the molecule is COc1cc(/C=C2/C(=O)N(C)C(=O)N(c3ccccc3)C2=O)cc(OC)c1O. The first-order valence-electron chi connectivity index (χ1n) is 8.27. The number of para-hydroxylation sites is 1. The lowest BCUT2D eigenvalue weighted by atomic mass is 10.0.